The van der Waals surface area contributed by atoms with Gasteiger partial charge in [0.1, 0.15) is 5.75 Å². The highest BCUT2D eigenvalue weighted by Gasteiger charge is 2.26. The minimum atomic E-state index is 0.672. The van der Waals surface area contributed by atoms with E-state index in [2.05, 4.69) is 15.1 Å². The van der Waals surface area contributed by atoms with Crippen LogP contribution in [0.15, 0.2) is 18.2 Å². The molecule has 0 radical (unpaired) electrons. The number of anilines is 2. The third kappa shape index (κ3) is 3.76. The van der Waals surface area contributed by atoms with E-state index in [0.717, 1.165) is 45.1 Å². The molecule has 3 rings (SSSR count). The van der Waals surface area contributed by atoms with Crippen LogP contribution in [0.3, 0.4) is 0 Å². The van der Waals surface area contributed by atoms with Crippen LogP contribution in [0.1, 0.15) is 12.8 Å². The molecule has 0 spiro atoms. The number of nitrogens with one attached hydrogen (secondary N) is 1. The molecule has 0 unspecified atom stereocenters. The van der Waals surface area contributed by atoms with Gasteiger partial charge in [-0.25, -0.2) is 0 Å². The van der Waals surface area contributed by atoms with E-state index < -0.39 is 0 Å². The Hall–Kier alpha value is -1.79. The van der Waals surface area contributed by atoms with Gasteiger partial charge in [0.25, 0.3) is 0 Å². The summed E-state index contributed by atoms with van der Waals surface area (Å²) in [5, 5.41) is 2.66. The molecule has 2 fully saturated rings. The Bertz CT molecular complexity index is 524. The van der Waals surface area contributed by atoms with Crippen molar-refractivity contribution >= 4 is 17.8 Å². The van der Waals surface area contributed by atoms with E-state index in [-0.39, 0.29) is 0 Å². The maximum atomic E-state index is 10.6. The average Bonchev–Trinajstić information content (AvgIpc) is 2.63. The van der Waals surface area contributed by atoms with E-state index in [1.54, 1.807) is 7.11 Å². The SMILES string of the molecule is COc1cc(N2CCC(N3CCOCC3)CC2)ccc1NC=O. The molecule has 2 aliphatic heterocycles. The average molecular weight is 319 g/mol. The Labute approximate surface area is 137 Å². The van der Waals surface area contributed by atoms with Gasteiger partial charge in [0.05, 0.1) is 26.0 Å². The summed E-state index contributed by atoms with van der Waals surface area (Å²) in [5.41, 5.74) is 1.85. The Morgan fingerprint density at radius 3 is 2.61 bits per heavy atom. The minimum absolute atomic E-state index is 0.672. The molecule has 1 aromatic carbocycles. The van der Waals surface area contributed by atoms with Gasteiger partial charge in [0, 0.05) is 44.0 Å². The number of hydrogen-bond acceptors (Lipinski definition) is 5. The predicted octanol–water partition coefficient (Wildman–Crippen LogP) is 1.56. The standard InChI is InChI=1S/C17H25N3O3/c1-22-17-12-15(2-3-16(17)18-13-21)19-6-4-14(5-7-19)20-8-10-23-11-9-20/h2-3,12-14H,4-11H2,1H3,(H,18,21). The fourth-order valence-electron chi connectivity index (χ4n) is 3.49. The first-order chi connectivity index (χ1) is 11.3. The van der Waals surface area contributed by atoms with E-state index in [1.165, 1.54) is 12.8 Å². The lowest BCUT2D eigenvalue weighted by Gasteiger charge is -2.40. The summed E-state index contributed by atoms with van der Waals surface area (Å²) in [4.78, 5) is 15.6. The topological polar surface area (TPSA) is 54.0 Å². The lowest BCUT2D eigenvalue weighted by molar-refractivity contribution is -0.105. The maximum Gasteiger partial charge on any atom is 0.211 e. The van der Waals surface area contributed by atoms with Gasteiger partial charge in [-0.3, -0.25) is 9.69 Å². The number of nitrogens with zero attached hydrogens (tertiary/aromatic N) is 2. The maximum absolute atomic E-state index is 10.6. The Morgan fingerprint density at radius 1 is 1.22 bits per heavy atom. The van der Waals surface area contributed by atoms with Crippen LogP contribution in [0.4, 0.5) is 11.4 Å². The molecule has 2 saturated heterocycles. The van der Waals surface area contributed by atoms with Gasteiger partial charge in [-0.1, -0.05) is 0 Å². The molecule has 1 N–H and O–H groups in total. The van der Waals surface area contributed by atoms with Crippen molar-refractivity contribution in [3.63, 3.8) is 0 Å². The fourth-order valence-corrected chi connectivity index (χ4v) is 3.49. The molecule has 0 bridgehead atoms. The quantitative estimate of drug-likeness (QED) is 0.835. The normalized spacial score (nSPS) is 20.3. The van der Waals surface area contributed by atoms with Crippen LogP contribution in [0.5, 0.6) is 5.75 Å². The molecule has 2 heterocycles. The van der Waals surface area contributed by atoms with E-state index in [9.17, 15) is 4.79 Å². The van der Waals surface area contributed by atoms with Gasteiger partial charge in [-0.2, -0.15) is 0 Å². The molecule has 1 aromatic rings. The molecule has 0 atom stereocenters. The molecule has 23 heavy (non-hydrogen) atoms. The number of ether oxygens (including phenoxy) is 2. The van der Waals surface area contributed by atoms with Crippen LogP contribution in [0, 0.1) is 0 Å². The number of carbonyl (C=O) groups excluding carboxylic acids is 1. The summed E-state index contributed by atoms with van der Waals surface area (Å²) in [7, 11) is 1.62. The number of benzene rings is 1. The van der Waals surface area contributed by atoms with Crippen LogP contribution in [0.2, 0.25) is 0 Å². The molecule has 0 saturated carbocycles. The van der Waals surface area contributed by atoms with Gasteiger partial charge < -0.3 is 19.7 Å². The number of rotatable bonds is 5. The number of carbonyl (C=O) groups is 1. The zero-order chi connectivity index (χ0) is 16.1. The van der Waals surface area contributed by atoms with Crippen molar-refractivity contribution in [2.45, 2.75) is 18.9 Å². The molecule has 6 nitrogen and oxygen atoms in total. The molecule has 1 amide bonds. The Kier molecular flexibility index (Phi) is 5.35. The van der Waals surface area contributed by atoms with Crippen molar-refractivity contribution in [3.05, 3.63) is 18.2 Å². The zero-order valence-corrected chi connectivity index (χ0v) is 13.7. The summed E-state index contributed by atoms with van der Waals surface area (Å²) < 4.78 is 10.8. The molecular weight excluding hydrogens is 294 g/mol. The second-order valence-electron chi connectivity index (χ2n) is 6.01. The van der Waals surface area contributed by atoms with E-state index >= 15 is 0 Å². The van der Waals surface area contributed by atoms with Crippen LogP contribution in [-0.2, 0) is 9.53 Å². The number of hydrogen-bond donors (Lipinski definition) is 1. The van der Waals surface area contributed by atoms with Crippen LogP contribution in [-0.4, -0.2) is 63.9 Å². The Morgan fingerprint density at radius 2 is 1.96 bits per heavy atom. The lowest BCUT2D eigenvalue weighted by Crippen LogP contribution is -2.49. The van der Waals surface area contributed by atoms with E-state index in [4.69, 9.17) is 9.47 Å². The van der Waals surface area contributed by atoms with Gasteiger partial charge >= 0.3 is 0 Å². The van der Waals surface area contributed by atoms with Crippen molar-refractivity contribution in [1.82, 2.24) is 4.90 Å². The third-order valence-corrected chi connectivity index (χ3v) is 4.79. The number of morpholine rings is 1. The highest BCUT2D eigenvalue weighted by molar-refractivity contribution is 5.77. The molecular formula is C17H25N3O3. The zero-order valence-electron chi connectivity index (χ0n) is 13.7. The third-order valence-electron chi connectivity index (χ3n) is 4.79. The van der Waals surface area contributed by atoms with E-state index in [1.807, 2.05) is 18.2 Å². The van der Waals surface area contributed by atoms with Crippen LogP contribution >= 0.6 is 0 Å². The predicted molar refractivity (Wildman–Crippen MR) is 90.3 cm³/mol. The van der Waals surface area contributed by atoms with Crippen LogP contribution < -0.4 is 15.0 Å². The first-order valence-corrected chi connectivity index (χ1v) is 8.27. The van der Waals surface area contributed by atoms with Crippen molar-refractivity contribution < 1.29 is 14.3 Å². The summed E-state index contributed by atoms with van der Waals surface area (Å²) in [5.74, 6) is 0.699. The number of piperidine rings is 1. The first kappa shape index (κ1) is 16.1. The monoisotopic (exact) mass is 319 g/mol. The first-order valence-electron chi connectivity index (χ1n) is 8.27. The van der Waals surface area contributed by atoms with Gasteiger partial charge in [0.15, 0.2) is 0 Å². The molecule has 126 valence electrons. The van der Waals surface area contributed by atoms with Gasteiger partial charge in [-0.15, -0.1) is 0 Å². The van der Waals surface area contributed by atoms with Crippen molar-refractivity contribution in [2.24, 2.45) is 0 Å². The highest BCUT2D eigenvalue weighted by atomic mass is 16.5. The number of methoxy groups -OCH3 is 1. The smallest absolute Gasteiger partial charge is 0.211 e. The summed E-state index contributed by atoms with van der Waals surface area (Å²) in [6.45, 7) is 5.94. The fraction of sp³-hybridized carbons (Fsp3) is 0.588. The lowest BCUT2D eigenvalue weighted by atomic mass is 10.0. The van der Waals surface area contributed by atoms with Crippen molar-refractivity contribution in [2.75, 3.05) is 56.7 Å². The molecule has 6 heteroatoms. The largest absolute Gasteiger partial charge is 0.494 e. The Balaban J connectivity index is 1.61. The summed E-state index contributed by atoms with van der Waals surface area (Å²) >= 11 is 0. The highest BCUT2D eigenvalue weighted by Crippen LogP contribution is 2.31. The van der Waals surface area contributed by atoms with E-state index in [0.29, 0.717) is 23.9 Å². The second kappa shape index (κ2) is 7.66. The van der Waals surface area contributed by atoms with Crippen LogP contribution in [0.25, 0.3) is 0 Å². The minimum Gasteiger partial charge on any atom is -0.494 e. The second-order valence-corrected chi connectivity index (χ2v) is 6.01. The molecule has 2 aliphatic rings. The van der Waals surface area contributed by atoms with Gasteiger partial charge in [-0.05, 0) is 25.0 Å². The van der Waals surface area contributed by atoms with Gasteiger partial charge in [0.2, 0.25) is 6.41 Å². The van der Waals surface area contributed by atoms with Crippen molar-refractivity contribution in [3.8, 4) is 5.75 Å². The molecule has 0 aliphatic carbocycles. The summed E-state index contributed by atoms with van der Waals surface area (Å²) in [6.07, 6.45) is 3.03. The molecule has 0 aromatic heterocycles. The number of amides is 1. The van der Waals surface area contributed by atoms with Crippen molar-refractivity contribution in [1.29, 1.82) is 0 Å². The summed E-state index contributed by atoms with van der Waals surface area (Å²) in [6, 6.07) is 6.62.